The Labute approximate surface area is 79.9 Å². The topological polar surface area (TPSA) is 98.8 Å². The first-order valence-electron chi connectivity index (χ1n) is 3.67. The summed E-state index contributed by atoms with van der Waals surface area (Å²) in [5, 5.41) is 4.93. The summed E-state index contributed by atoms with van der Waals surface area (Å²) in [6.07, 6.45) is 4.09. The summed E-state index contributed by atoms with van der Waals surface area (Å²) >= 11 is 0. The molecule has 0 amide bonds. The Kier molecular flexibility index (Phi) is 1.90. The lowest BCUT2D eigenvalue weighted by Crippen LogP contribution is -2.12. The molecule has 14 heavy (non-hydrogen) atoms. The van der Waals surface area contributed by atoms with Crippen LogP contribution in [0.5, 0.6) is 0 Å². The maximum Gasteiger partial charge on any atom is 0.239 e. The lowest BCUT2D eigenvalue weighted by atomic mass is 10.4. The van der Waals surface area contributed by atoms with E-state index >= 15 is 0 Å². The van der Waals surface area contributed by atoms with Gasteiger partial charge in [-0.05, 0) is 6.07 Å². The number of rotatable bonds is 1. The Bertz CT molecular complexity index is 581. The number of aromatic nitrogens is 3. The summed E-state index contributed by atoms with van der Waals surface area (Å²) in [7, 11) is -3.72. The maximum absolute atomic E-state index is 11.0. The molecule has 0 atom stereocenters. The summed E-state index contributed by atoms with van der Waals surface area (Å²) < 4.78 is 21.9. The van der Waals surface area contributed by atoms with Crippen molar-refractivity contribution in [3.8, 4) is 0 Å². The maximum atomic E-state index is 11.0. The second-order valence-corrected chi connectivity index (χ2v) is 4.18. The van der Waals surface area contributed by atoms with Crippen molar-refractivity contribution in [2.45, 2.75) is 4.90 Å². The molecule has 0 aliphatic heterocycles. The second kappa shape index (κ2) is 2.96. The number of nitrogens with zero attached hydrogens (tertiary/aromatic N) is 3. The van der Waals surface area contributed by atoms with E-state index in [2.05, 4.69) is 15.0 Å². The molecule has 0 saturated heterocycles. The summed E-state index contributed by atoms with van der Waals surface area (Å²) in [6.45, 7) is 0. The van der Waals surface area contributed by atoms with Gasteiger partial charge in [0.1, 0.15) is 10.4 Å². The van der Waals surface area contributed by atoms with E-state index in [0.29, 0.717) is 11.2 Å². The molecule has 7 heteroatoms. The summed E-state index contributed by atoms with van der Waals surface area (Å²) in [6, 6.07) is 1.34. The Balaban J connectivity index is 2.75. The van der Waals surface area contributed by atoms with Crippen LogP contribution in [0.25, 0.3) is 11.2 Å². The molecule has 2 rings (SSSR count). The number of nitrogens with two attached hydrogens (primary N) is 1. The molecule has 2 aromatic rings. The SMILES string of the molecule is NS(=O)(=O)c1cnc2nccnc2c1. The van der Waals surface area contributed by atoms with Crippen LogP contribution in [0.1, 0.15) is 0 Å². The van der Waals surface area contributed by atoms with E-state index in [4.69, 9.17) is 5.14 Å². The second-order valence-electron chi connectivity index (χ2n) is 2.62. The van der Waals surface area contributed by atoms with Crippen molar-refractivity contribution in [2.75, 3.05) is 0 Å². The van der Waals surface area contributed by atoms with E-state index in [1.165, 1.54) is 18.5 Å². The highest BCUT2D eigenvalue weighted by atomic mass is 32.2. The first kappa shape index (κ1) is 8.97. The molecule has 72 valence electrons. The Hall–Kier alpha value is -1.60. The number of primary sulfonamides is 1. The van der Waals surface area contributed by atoms with E-state index < -0.39 is 10.0 Å². The van der Waals surface area contributed by atoms with Gasteiger partial charge in [-0.1, -0.05) is 0 Å². The van der Waals surface area contributed by atoms with Crippen LogP contribution in [-0.4, -0.2) is 23.4 Å². The van der Waals surface area contributed by atoms with Crippen molar-refractivity contribution < 1.29 is 8.42 Å². The van der Waals surface area contributed by atoms with Crippen LogP contribution in [-0.2, 0) is 10.0 Å². The van der Waals surface area contributed by atoms with Crippen LogP contribution in [0.3, 0.4) is 0 Å². The van der Waals surface area contributed by atoms with E-state index in [0.717, 1.165) is 6.20 Å². The lowest BCUT2D eigenvalue weighted by Gasteiger charge is -1.98. The number of fused-ring (bicyclic) bond motifs is 1. The van der Waals surface area contributed by atoms with Gasteiger partial charge in [0, 0.05) is 18.6 Å². The van der Waals surface area contributed by atoms with Crippen LogP contribution in [0.4, 0.5) is 0 Å². The summed E-state index contributed by atoms with van der Waals surface area (Å²) in [4.78, 5) is 11.6. The molecule has 6 nitrogen and oxygen atoms in total. The molecule has 0 fully saturated rings. The van der Waals surface area contributed by atoms with Crippen LogP contribution in [0, 0.1) is 0 Å². The largest absolute Gasteiger partial charge is 0.251 e. The van der Waals surface area contributed by atoms with Gasteiger partial charge in [0.2, 0.25) is 10.0 Å². The first-order valence-corrected chi connectivity index (χ1v) is 5.21. The van der Waals surface area contributed by atoms with E-state index in [-0.39, 0.29) is 4.90 Å². The van der Waals surface area contributed by atoms with Crippen molar-refractivity contribution in [3.05, 3.63) is 24.7 Å². The van der Waals surface area contributed by atoms with E-state index in [1.54, 1.807) is 0 Å². The van der Waals surface area contributed by atoms with Crippen LogP contribution < -0.4 is 5.14 Å². The van der Waals surface area contributed by atoms with Crippen molar-refractivity contribution >= 4 is 21.2 Å². The number of pyridine rings is 1. The van der Waals surface area contributed by atoms with Gasteiger partial charge in [0.05, 0.1) is 0 Å². The molecule has 2 aromatic heterocycles. The minimum Gasteiger partial charge on any atom is -0.251 e. The standard InChI is InChI=1S/C7H6N4O2S/c8-14(12,13)5-3-6-7(11-4-5)10-2-1-9-6/h1-4H,(H2,8,12,13). The van der Waals surface area contributed by atoms with Crippen molar-refractivity contribution in [1.82, 2.24) is 15.0 Å². The van der Waals surface area contributed by atoms with Crippen LogP contribution >= 0.6 is 0 Å². The van der Waals surface area contributed by atoms with Gasteiger partial charge in [-0.15, -0.1) is 0 Å². The van der Waals surface area contributed by atoms with Gasteiger partial charge >= 0.3 is 0 Å². The monoisotopic (exact) mass is 210 g/mol. The Morgan fingerprint density at radius 3 is 2.57 bits per heavy atom. The third-order valence-electron chi connectivity index (χ3n) is 1.63. The van der Waals surface area contributed by atoms with E-state index in [9.17, 15) is 8.42 Å². The molecule has 0 unspecified atom stereocenters. The zero-order valence-electron chi connectivity index (χ0n) is 6.95. The smallest absolute Gasteiger partial charge is 0.239 e. The van der Waals surface area contributed by atoms with Crippen LogP contribution in [0.2, 0.25) is 0 Å². The average molecular weight is 210 g/mol. The highest BCUT2D eigenvalue weighted by Gasteiger charge is 2.09. The van der Waals surface area contributed by atoms with E-state index in [1.807, 2.05) is 0 Å². The Morgan fingerprint density at radius 2 is 1.86 bits per heavy atom. The minimum atomic E-state index is -3.72. The summed E-state index contributed by atoms with van der Waals surface area (Å²) in [5.41, 5.74) is 0.791. The molecule has 0 bridgehead atoms. The van der Waals surface area contributed by atoms with Gasteiger partial charge in [-0.25, -0.2) is 23.5 Å². The fourth-order valence-electron chi connectivity index (χ4n) is 0.995. The normalized spacial score (nSPS) is 11.8. The first-order chi connectivity index (χ1) is 6.57. The highest BCUT2D eigenvalue weighted by molar-refractivity contribution is 7.89. The minimum absolute atomic E-state index is 0.0644. The fraction of sp³-hybridized carbons (Fsp3) is 0. The number of hydrogen-bond donors (Lipinski definition) is 1. The molecule has 2 N–H and O–H groups in total. The molecule has 2 heterocycles. The van der Waals surface area contributed by atoms with Crippen molar-refractivity contribution in [2.24, 2.45) is 5.14 Å². The molecule has 0 aromatic carbocycles. The third-order valence-corrected chi connectivity index (χ3v) is 2.51. The number of hydrogen-bond acceptors (Lipinski definition) is 5. The zero-order valence-corrected chi connectivity index (χ0v) is 7.77. The number of sulfonamides is 1. The highest BCUT2D eigenvalue weighted by Crippen LogP contribution is 2.10. The van der Waals surface area contributed by atoms with Gasteiger partial charge in [-0.2, -0.15) is 0 Å². The van der Waals surface area contributed by atoms with Gasteiger partial charge in [-0.3, -0.25) is 4.98 Å². The predicted octanol–water partition coefficient (Wildman–Crippen LogP) is -0.328. The zero-order chi connectivity index (χ0) is 10.2. The average Bonchev–Trinajstić information content (AvgIpc) is 2.16. The molecular formula is C7H6N4O2S. The van der Waals surface area contributed by atoms with Crippen molar-refractivity contribution in [1.29, 1.82) is 0 Å². The fourth-order valence-corrected chi connectivity index (χ4v) is 1.47. The predicted molar refractivity (Wildman–Crippen MR) is 48.7 cm³/mol. The molecule has 0 aliphatic carbocycles. The lowest BCUT2D eigenvalue weighted by molar-refractivity contribution is 0.597. The van der Waals surface area contributed by atoms with Crippen LogP contribution in [0.15, 0.2) is 29.6 Å². The third kappa shape index (κ3) is 1.54. The Morgan fingerprint density at radius 1 is 1.14 bits per heavy atom. The molecule has 0 spiro atoms. The summed E-state index contributed by atoms with van der Waals surface area (Å²) in [5.74, 6) is 0. The van der Waals surface area contributed by atoms with Gasteiger partial charge in [0.15, 0.2) is 5.65 Å². The van der Waals surface area contributed by atoms with Gasteiger partial charge < -0.3 is 0 Å². The quantitative estimate of drug-likeness (QED) is 0.694. The molecule has 0 saturated carbocycles. The molecule has 0 radical (unpaired) electrons. The van der Waals surface area contributed by atoms with Gasteiger partial charge in [0.25, 0.3) is 0 Å². The molecular weight excluding hydrogens is 204 g/mol. The molecule has 0 aliphatic rings. The van der Waals surface area contributed by atoms with Crippen molar-refractivity contribution in [3.63, 3.8) is 0 Å².